The van der Waals surface area contributed by atoms with E-state index in [0.717, 1.165) is 32.1 Å². The first-order chi connectivity index (χ1) is 16.2. The van der Waals surface area contributed by atoms with Crippen molar-refractivity contribution in [1.82, 2.24) is 15.5 Å². The number of hydrogen-bond acceptors (Lipinski definition) is 6. The summed E-state index contributed by atoms with van der Waals surface area (Å²) >= 11 is 0. The fourth-order valence-electron chi connectivity index (χ4n) is 4.87. The van der Waals surface area contributed by atoms with Gasteiger partial charge in [0.15, 0.2) is 0 Å². The molecule has 1 aliphatic carbocycles. The molecular weight excluding hydrogens is 450 g/mol. The number of nitrogens with one attached hydrogen (secondary N) is 2. The van der Waals surface area contributed by atoms with E-state index in [0.29, 0.717) is 31.8 Å². The highest BCUT2D eigenvalue weighted by Gasteiger charge is 2.39. The van der Waals surface area contributed by atoms with Crippen molar-refractivity contribution in [3.8, 4) is 0 Å². The van der Waals surface area contributed by atoms with Crippen LogP contribution < -0.4 is 16.4 Å². The highest BCUT2D eigenvalue weighted by Crippen LogP contribution is 2.29. The van der Waals surface area contributed by atoms with Gasteiger partial charge in [-0.05, 0) is 77.0 Å². The summed E-state index contributed by atoms with van der Waals surface area (Å²) in [5.74, 6) is 0.295. The third kappa shape index (κ3) is 9.22. The van der Waals surface area contributed by atoms with Gasteiger partial charge in [0.05, 0.1) is 0 Å². The smallest absolute Gasteiger partial charge is 0.408 e. The summed E-state index contributed by atoms with van der Waals surface area (Å²) in [6, 6.07) is -1.31. The maximum atomic E-state index is 13.5. The van der Waals surface area contributed by atoms with E-state index >= 15 is 0 Å². The van der Waals surface area contributed by atoms with Crippen molar-refractivity contribution < 1.29 is 24.3 Å². The van der Waals surface area contributed by atoms with Crippen molar-refractivity contribution in [3.05, 3.63) is 0 Å². The first-order valence-corrected chi connectivity index (χ1v) is 12.8. The van der Waals surface area contributed by atoms with Crippen LogP contribution in [0.15, 0.2) is 5.16 Å². The Morgan fingerprint density at radius 3 is 2.26 bits per heavy atom. The van der Waals surface area contributed by atoms with Crippen molar-refractivity contribution in [3.63, 3.8) is 0 Å². The Morgan fingerprint density at radius 1 is 1.09 bits per heavy atom. The van der Waals surface area contributed by atoms with Gasteiger partial charge < -0.3 is 31.2 Å². The summed E-state index contributed by atoms with van der Waals surface area (Å²) in [6.07, 6.45) is 4.57. The van der Waals surface area contributed by atoms with Crippen molar-refractivity contribution in [2.24, 2.45) is 28.1 Å². The quantitative estimate of drug-likeness (QED) is 0.185. The lowest BCUT2D eigenvalue weighted by Gasteiger charge is -2.33. The number of rotatable bonds is 7. The second-order valence-corrected chi connectivity index (χ2v) is 12.1. The van der Waals surface area contributed by atoms with Crippen LogP contribution in [0.3, 0.4) is 0 Å². The van der Waals surface area contributed by atoms with E-state index in [1.807, 2.05) is 20.8 Å². The molecule has 0 unspecified atom stereocenters. The molecule has 0 spiro atoms. The number of ether oxygens (including phenoxy) is 1. The Hall–Kier alpha value is -2.52. The van der Waals surface area contributed by atoms with Gasteiger partial charge in [0.2, 0.25) is 11.8 Å². The summed E-state index contributed by atoms with van der Waals surface area (Å²) < 4.78 is 5.38. The molecule has 3 amide bonds. The molecular formula is C25H45N5O5. The van der Waals surface area contributed by atoms with E-state index in [4.69, 9.17) is 15.7 Å². The fraction of sp³-hybridized carbons (Fsp3) is 0.840. The predicted octanol–water partition coefficient (Wildman–Crippen LogP) is 2.98. The zero-order valence-electron chi connectivity index (χ0n) is 22.2. The average Bonchev–Trinajstić information content (AvgIpc) is 3.24. The largest absolute Gasteiger partial charge is 0.444 e. The summed E-state index contributed by atoms with van der Waals surface area (Å²) in [6.45, 7) is 12.4. The lowest BCUT2D eigenvalue weighted by Crippen LogP contribution is -2.55. The SMILES string of the molecule is CC(C)(C)C[C@@H](NC(=O)OC(C)(C)C)C(=O)N1CCC[C@H]1C(=O)NC[C@H]1CC[C@H](C(N)=NO)CC1. The average molecular weight is 496 g/mol. The minimum absolute atomic E-state index is 0.0899. The molecule has 2 atom stereocenters. The molecule has 2 aliphatic rings. The summed E-state index contributed by atoms with van der Waals surface area (Å²) in [4.78, 5) is 40.6. The van der Waals surface area contributed by atoms with Gasteiger partial charge in [-0.3, -0.25) is 9.59 Å². The van der Waals surface area contributed by atoms with E-state index in [1.165, 1.54) is 0 Å². The zero-order chi connectivity index (χ0) is 26.4. The molecule has 5 N–H and O–H groups in total. The normalized spacial score (nSPS) is 24.6. The fourth-order valence-corrected chi connectivity index (χ4v) is 4.87. The molecule has 2 fully saturated rings. The first kappa shape index (κ1) is 28.7. The van der Waals surface area contributed by atoms with Crippen LogP contribution in [0.2, 0.25) is 0 Å². The van der Waals surface area contributed by atoms with E-state index in [2.05, 4.69) is 15.8 Å². The highest BCUT2D eigenvalue weighted by molar-refractivity contribution is 5.92. The van der Waals surface area contributed by atoms with E-state index in [9.17, 15) is 14.4 Å². The minimum atomic E-state index is -0.771. The second kappa shape index (κ2) is 11.9. The molecule has 0 radical (unpaired) electrons. The number of nitrogens with two attached hydrogens (primary N) is 1. The molecule has 35 heavy (non-hydrogen) atoms. The molecule has 10 nitrogen and oxygen atoms in total. The standard InChI is InChI=1S/C25H45N5O5/c1-24(2,3)14-18(28-23(33)35-25(4,5)6)22(32)30-13-7-8-19(30)21(31)27-15-16-9-11-17(12-10-16)20(26)29-34/h16-19,34H,7-15H2,1-6H3,(H2,26,29)(H,27,31)(H,28,33)/t16-,17-,18-,19+/m1/s1. The Kier molecular flexibility index (Phi) is 9.80. The van der Waals surface area contributed by atoms with E-state index < -0.39 is 23.8 Å². The number of nitrogens with zero attached hydrogens (tertiary/aromatic N) is 2. The van der Waals surface area contributed by atoms with Crippen LogP contribution >= 0.6 is 0 Å². The van der Waals surface area contributed by atoms with Crippen LogP contribution in [0.1, 0.15) is 86.5 Å². The van der Waals surface area contributed by atoms with Crippen molar-refractivity contribution in [1.29, 1.82) is 0 Å². The molecule has 1 saturated carbocycles. The zero-order valence-corrected chi connectivity index (χ0v) is 22.2. The number of oxime groups is 1. The second-order valence-electron chi connectivity index (χ2n) is 12.1. The van der Waals surface area contributed by atoms with Gasteiger partial charge in [-0.15, -0.1) is 0 Å². The van der Waals surface area contributed by atoms with Crippen LogP contribution in [-0.2, 0) is 14.3 Å². The maximum Gasteiger partial charge on any atom is 0.408 e. The third-order valence-electron chi connectivity index (χ3n) is 6.59. The molecule has 0 bridgehead atoms. The van der Waals surface area contributed by atoms with E-state index in [-0.39, 0.29) is 29.0 Å². The molecule has 1 heterocycles. The van der Waals surface area contributed by atoms with Crippen LogP contribution in [0.5, 0.6) is 0 Å². The lowest BCUT2D eigenvalue weighted by atomic mass is 9.81. The summed E-state index contributed by atoms with van der Waals surface area (Å²) in [5.41, 5.74) is 4.84. The number of alkyl carbamates (subject to hydrolysis) is 1. The molecule has 0 aromatic heterocycles. The Bertz CT molecular complexity index is 778. The van der Waals surface area contributed by atoms with E-state index in [1.54, 1.807) is 25.7 Å². The molecule has 0 aromatic carbocycles. The number of likely N-dealkylation sites (tertiary alicyclic amines) is 1. The van der Waals surface area contributed by atoms with Crippen LogP contribution in [0.25, 0.3) is 0 Å². The Labute approximate surface area is 209 Å². The lowest BCUT2D eigenvalue weighted by molar-refractivity contribution is -0.140. The molecule has 1 aliphatic heterocycles. The molecule has 2 rings (SSSR count). The minimum Gasteiger partial charge on any atom is -0.444 e. The van der Waals surface area contributed by atoms with Crippen LogP contribution in [0.4, 0.5) is 4.79 Å². The molecule has 1 saturated heterocycles. The van der Waals surface area contributed by atoms with Gasteiger partial charge in [0.1, 0.15) is 23.5 Å². The van der Waals surface area contributed by atoms with Crippen molar-refractivity contribution in [2.45, 2.75) is 104 Å². The Morgan fingerprint density at radius 2 is 1.71 bits per heavy atom. The topological polar surface area (TPSA) is 146 Å². The molecule has 200 valence electrons. The van der Waals surface area contributed by atoms with Gasteiger partial charge in [0.25, 0.3) is 0 Å². The van der Waals surface area contributed by atoms with Crippen molar-refractivity contribution in [2.75, 3.05) is 13.1 Å². The highest BCUT2D eigenvalue weighted by atomic mass is 16.6. The molecule has 0 aromatic rings. The van der Waals surface area contributed by atoms with Crippen molar-refractivity contribution >= 4 is 23.7 Å². The van der Waals surface area contributed by atoms with Gasteiger partial charge in [0, 0.05) is 19.0 Å². The third-order valence-corrected chi connectivity index (χ3v) is 6.59. The van der Waals surface area contributed by atoms with Gasteiger partial charge in [-0.2, -0.15) is 0 Å². The number of carbonyl (C=O) groups is 3. The predicted molar refractivity (Wildman–Crippen MR) is 134 cm³/mol. The number of hydrogen-bond donors (Lipinski definition) is 4. The summed E-state index contributed by atoms with van der Waals surface area (Å²) in [5, 5.41) is 17.8. The van der Waals surface area contributed by atoms with Crippen LogP contribution in [-0.4, -0.2) is 64.6 Å². The number of amidine groups is 1. The maximum absolute atomic E-state index is 13.5. The summed E-state index contributed by atoms with van der Waals surface area (Å²) in [7, 11) is 0. The monoisotopic (exact) mass is 495 g/mol. The number of amides is 3. The number of carbonyl (C=O) groups excluding carboxylic acids is 3. The molecule has 10 heteroatoms. The Balaban J connectivity index is 1.98. The first-order valence-electron chi connectivity index (χ1n) is 12.8. The van der Waals surface area contributed by atoms with Gasteiger partial charge >= 0.3 is 6.09 Å². The van der Waals surface area contributed by atoms with Gasteiger partial charge in [-0.1, -0.05) is 25.9 Å². The van der Waals surface area contributed by atoms with Gasteiger partial charge in [-0.25, -0.2) is 4.79 Å². The van der Waals surface area contributed by atoms with Crippen LogP contribution in [0, 0.1) is 17.3 Å².